The summed E-state index contributed by atoms with van der Waals surface area (Å²) >= 11 is 0. The maximum Gasteiger partial charge on any atom is 0.451 e. The average Bonchev–Trinajstić information content (AvgIpc) is 3.15. The molecule has 2 aromatic carbocycles. The van der Waals surface area contributed by atoms with Gasteiger partial charge in [0.2, 0.25) is 11.7 Å². The molecule has 0 atom stereocenters. The maximum absolute atomic E-state index is 13.1. The van der Waals surface area contributed by atoms with Crippen LogP contribution in [0.4, 0.5) is 19.0 Å². The first-order valence-electron chi connectivity index (χ1n) is 8.09. The Bertz CT molecular complexity index is 1080. The zero-order valence-corrected chi connectivity index (χ0v) is 13.9. The minimum atomic E-state index is -4.64. The Morgan fingerprint density at radius 1 is 0.926 bits per heavy atom. The molecule has 0 unspecified atom stereocenters. The third-order valence-electron chi connectivity index (χ3n) is 3.88. The fourth-order valence-electron chi connectivity index (χ4n) is 2.63. The molecule has 0 radical (unpaired) electrons. The number of oxazole rings is 1. The van der Waals surface area contributed by atoms with Crippen LogP contribution in [0.1, 0.15) is 11.7 Å². The van der Waals surface area contributed by atoms with E-state index in [1.807, 2.05) is 30.3 Å². The van der Waals surface area contributed by atoms with Gasteiger partial charge in [0.15, 0.2) is 5.76 Å². The van der Waals surface area contributed by atoms with Gasteiger partial charge in [-0.2, -0.15) is 13.2 Å². The van der Waals surface area contributed by atoms with Crippen LogP contribution in [0.2, 0.25) is 0 Å². The lowest BCUT2D eigenvalue weighted by molar-refractivity contribution is -0.144. The third-order valence-corrected chi connectivity index (χ3v) is 3.88. The van der Waals surface area contributed by atoms with E-state index in [1.165, 1.54) is 6.07 Å². The topological polar surface area (TPSA) is 63.8 Å². The second-order valence-corrected chi connectivity index (χ2v) is 5.75. The molecule has 0 fully saturated rings. The Hall–Kier alpha value is -3.42. The van der Waals surface area contributed by atoms with Gasteiger partial charge in [0.05, 0.1) is 18.3 Å². The molecule has 4 rings (SSSR count). The number of hydrogen-bond acceptors (Lipinski definition) is 5. The van der Waals surface area contributed by atoms with Gasteiger partial charge in [0.1, 0.15) is 5.82 Å². The summed E-state index contributed by atoms with van der Waals surface area (Å²) in [5.74, 6) is -0.200. The molecular formula is C19H13F3N4O. The van der Waals surface area contributed by atoms with Gasteiger partial charge in [-0.15, -0.1) is 0 Å². The molecule has 0 saturated heterocycles. The first kappa shape index (κ1) is 17.0. The first-order valence-corrected chi connectivity index (χ1v) is 8.09. The zero-order chi connectivity index (χ0) is 18.9. The van der Waals surface area contributed by atoms with Gasteiger partial charge in [-0.05, 0) is 12.1 Å². The lowest BCUT2D eigenvalue weighted by Gasteiger charge is -2.11. The zero-order valence-electron chi connectivity index (χ0n) is 13.9. The number of nitrogens with zero attached hydrogens (tertiary/aromatic N) is 3. The fourth-order valence-corrected chi connectivity index (χ4v) is 2.63. The molecule has 0 aliphatic heterocycles. The first-order chi connectivity index (χ1) is 13.0. The van der Waals surface area contributed by atoms with Crippen LogP contribution in [-0.2, 0) is 12.7 Å². The summed E-state index contributed by atoms with van der Waals surface area (Å²) in [5, 5.41) is 3.36. The summed E-state index contributed by atoms with van der Waals surface area (Å²) in [6.45, 7) is 0.0884. The highest BCUT2D eigenvalue weighted by Gasteiger charge is 2.35. The van der Waals surface area contributed by atoms with Gasteiger partial charge < -0.3 is 9.73 Å². The van der Waals surface area contributed by atoms with Gasteiger partial charge in [0.25, 0.3) is 0 Å². The molecule has 4 aromatic rings. The summed E-state index contributed by atoms with van der Waals surface area (Å²) in [6, 6.07) is 15.9. The lowest BCUT2D eigenvalue weighted by atomic mass is 10.2. The van der Waals surface area contributed by atoms with E-state index in [1.54, 1.807) is 24.4 Å². The molecule has 0 aliphatic rings. The minimum absolute atomic E-state index is 0.0763. The Labute approximate surface area is 151 Å². The average molecular weight is 370 g/mol. The van der Waals surface area contributed by atoms with E-state index in [0.717, 1.165) is 5.56 Å². The molecular weight excluding hydrogens is 357 g/mol. The fraction of sp³-hybridized carbons (Fsp3) is 0.105. The van der Waals surface area contributed by atoms with Crippen LogP contribution < -0.4 is 5.32 Å². The quantitative estimate of drug-likeness (QED) is 0.553. The summed E-state index contributed by atoms with van der Waals surface area (Å²) in [5.41, 5.74) is 1.07. The Morgan fingerprint density at radius 2 is 1.67 bits per heavy atom. The van der Waals surface area contributed by atoms with Crippen LogP contribution >= 0.6 is 0 Å². The van der Waals surface area contributed by atoms with Gasteiger partial charge in [-0.3, -0.25) is 0 Å². The SMILES string of the molecule is FC(F)(F)c1nc(NCc2ncc(-c3ccccc3)o2)c2ccccc2n1. The Morgan fingerprint density at radius 3 is 2.44 bits per heavy atom. The predicted octanol–water partition coefficient (Wildman–Crippen LogP) is 4.92. The molecule has 27 heavy (non-hydrogen) atoms. The van der Waals surface area contributed by atoms with E-state index in [2.05, 4.69) is 20.3 Å². The van der Waals surface area contributed by atoms with Crippen LogP contribution in [-0.4, -0.2) is 15.0 Å². The van der Waals surface area contributed by atoms with Crippen molar-refractivity contribution in [3.8, 4) is 11.3 Å². The van der Waals surface area contributed by atoms with E-state index in [-0.39, 0.29) is 17.9 Å². The minimum Gasteiger partial charge on any atom is -0.439 e. The second kappa shape index (κ2) is 6.71. The van der Waals surface area contributed by atoms with E-state index in [9.17, 15) is 13.2 Å². The van der Waals surface area contributed by atoms with Crippen molar-refractivity contribution in [3.63, 3.8) is 0 Å². The van der Waals surface area contributed by atoms with Crippen molar-refractivity contribution in [1.29, 1.82) is 0 Å². The summed E-state index contributed by atoms with van der Waals surface area (Å²) in [7, 11) is 0. The van der Waals surface area contributed by atoms with Gasteiger partial charge in [-0.25, -0.2) is 15.0 Å². The van der Waals surface area contributed by atoms with Gasteiger partial charge in [-0.1, -0.05) is 42.5 Å². The summed E-state index contributed by atoms with van der Waals surface area (Å²) in [6.07, 6.45) is -3.06. The monoisotopic (exact) mass is 370 g/mol. The molecule has 5 nitrogen and oxygen atoms in total. The van der Waals surface area contributed by atoms with Crippen molar-refractivity contribution in [2.24, 2.45) is 0 Å². The molecule has 0 spiro atoms. The highest BCUT2D eigenvalue weighted by atomic mass is 19.4. The number of para-hydroxylation sites is 1. The molecule has 0 bridgehead atoms. The number of alkyl halides is 3. The largest absolute Gasteiger partial charge is 0.451 e. The van der Waals surface area contributed by atoms with Crippen LogP contribution in [0.15, 0.2) is 65.2 Å². The predicted molar refractivity (Wildman–Crippen MR) is 93.8 cm³/mol. The van der Waals surface area contributed by atoms with E-state index in [0.29, 0.717) is 17.0 Å². The Kier molecular flexibility index (Phi) is 4.23. The van der Waals surface area contributed by atoms with Crippen LogP contribution in [0.3, 0.4) is 0 Å². The highest BCUT2D eigenvalue weighted by molar-refractivity contribution is 5.89. The number of fused-ring (bicyclic) bond motifs is 1. The van der Waals surface area contributed by atoms with Crippen LogP contribution in [0.5, 0.6) is 0 Å². The smallest absolute Gasteiger partial charge is 0.439 e. The second-order valence-electron chi connectivity index (χ2n) is 5.75. The van der Waals surface area contributed by atoms with Crippen molar-refractivity contribution in [3.05, 3.63) is 72.5 Å². The van der Waals surface area contributed by atoms with Crippen molar-refractivity contribution >= 4 is 16.7 Å². The standard InChI is InChI=1S/C19H13F3N4O/c20-19(21,22)18-25-14-9-5-4-8-13(14)17(26-18)24-11-16-23-10-15(27-16)12-6-2-1-3-7-12/h1-10H,11H2,(H,24,25,26). The van der Waals surface area contributed by atoms with Crippen LogP contribution in [0.25, 0.3) is 22.2 Å². The number of rotatable bonds is 4. The molecule has 136 valence electrons. The van der Waals surface area contributed by atoms with E-state index < -0.39 is 12.0 Å². The van der Waals surface area contributed by atoms with E-state index in [4.69, 9.17) is 4.42 Å². The van der Waals surface area contributed by atoms with E-state index >= 15 is 0 Å². The van der Waals surface area contributed by atoms with Crippen molar-refractivity contribution < 1.29 is 17.6 Å². The normalized spacial score (nSPS) is 11.7. The maximum atomic E-state index is 13.1. The Balaban J connectivity index is 1.61. The number of hydrogen-bond donors (Lipinski definition) is 1. The van der Waals surface area contributed by atoms with Crippen LogP contribution in [0, 0.1) is 0 Å². The highest BCUT2D eigenvalue weighted by Crippen LogP contribution is 2.30. The molecule has 0 aliphatic carbocycles. The number of aromatic nitrogens is 3. The van der Waals surface area contributed by atoms with Gasteiger partial charge >= 0.3 is 6.18 Å². The third kappa shape index (κ3) is 3.59. The summed E-state index contributed by atoms with van der Waals surface area (Å²) < 4.78 is 44.9. The molecule has 2 heterocycles. The molecule has 8 heteroatoms. The van der Waals surface area contributed by atoms with Crippen molar-refractivity contribution in [1.82, 2.24) is 15.0 Å². The number of halogens is 3. The van der Waals surface area contributed by atoms with Crippen molar-refractivity contribution in [2.75, 3.05) is 5.32 Å². The number of nitrogens with one attached hydrogen (secondary N) is 1. The number of benzene rings is 2. The van der Waals surface area contributed by atoms with Gasteiger partial charge in [0, 0.05) is 10.9 Å². The summed E-state index contributed by atoms with van der Waals surface area (Å²) in [4.78, 5) is 11.4. The number of anilines is 1. The molecule has 1 N–H and O–H groups in total. The lowest BCUT2D eigenvalue weighted by Crippen LogP contribution is -2.13. The molecule has 0 amide bonds. The molecule has 0 saturated carbocycles. The molecule has 2 aromatic heterocycles. The van der Waals surface area contributed by atoms with Crippen molar-refractivity contribution in [2.45, 2.75) is 12.7 Å².